The number of urea groups is 1. The van der Waals surface area contributed by atoms with Gasteiger partial charge in [0, 0.05) is 44.3 Å². The predicted octanol–water partition coefficient (Wildman–Crippen LogP) is 2.76. The molecule has 0 radical (unpaired) electrons. The van der Waals surface area contributed by atoms with Crippen LogP contribution in [-0.2, 0) is 4.79 Å². The Balaban J connectivity index is 1.48. The maximum absolute atomic E-state index is 12.5. The minimum absolute atomic E-state index is 0.0325. The first-order chi connectivity index (χ1) is 13.0. The van der Waals surface area contributed by atoms with Crippen molar-refractivity contribution >= 4 is 17.6 Å². The fourth-order valence-electron chi connectivity index (χ4n) is 3.22. The largest absolute Gasteiger partial charge is 0.339 e. The van der Waals surface area contributed by atoms with Crippen molar-refractivity contribution in [3.63, 3.8) is 0 Å². The number of hydrogen-bond donors (Lipinski definition) is 2. The molecule has 3 N–H and O–H groups in total. The third kappa shape index (κ3) is 5.08. The first-order valence-corrected chi connectivity index (χ1v) is 9.24. The van der Waals surface area contributed by atoms with Crippen molar-refractivity contribution in [1.82, 2.24) is 9.80 Å². The molecule has 6 nitrogen and oxygen atoms in total. The molecule has 6 heteroatoms. The number of carbonyl (C=O) groups is 2. The van der Waals surface area contributed by atoms with Gasteiger partial charge in [0.2, 0.25) is 5.91 Å². The highest BCUT2D eigenvalue weighted by Crippen LogP contribution is 2.16. The van der Waals surface area contributed by atoms with Crippen molar-refractivity contribution in [1.29, 1.82) is 0 Å². The monoisotopic (exact) mass is 366 g/mol. The van der Waals surface area contributed by atoms with E-state index in [1.54, 1.807) is 9.80 Å². The first-order valence-electron chi connectivity index (χ1n) is 9.24. The lowest BCUT2D eigenvalue weighted by atomic mass is 10.0. The van der Waals surface area contributed by atoms with Crippen molar-refractivity contribution < 1.29 is 9.59 Å². The van der Waals surface area contributed by atoms with E-state index in [0.717, 1.165) is 16.8 Å². The smallest absolute Gasteiger partial charge is 0.321 e. The Hall–Kier alpha value is -2.86. The highest BCUT2D eigenvalue weighted by Gasteiger charge is 2.25. The number of aryl methyl sites for hydroxylation is 1. The van der Waals surface area contributed by atoms with Crippen LogP contribution in [0.1, 0.15) is 23.6 Å². The summed E-state index contributed by atoms with van der Waals surface area (Å²) in [6.45, 7) is 4.08. The summed E-state index contributed by atoms with van der Waals surface area (Å²) in [6, 6.07) is 16.9. The molecule has 0 spiro atoms. The summed E-state index contributed by atoms with van der Waals surface area (Å²) >= 11 is 0. The molecule has 27 heavy (non-hydrogen) atoms. The zero-order valence-corrected chi connectivity index (χ0v) is 15.6. The Bertz CT molecular complexity index is 786. The van der Waals surface area contributed by atoms with Gasteiger partial charge >= 0.3 is 6.03 Å². The number of nitrogens with zero attached hydrogens (tertiary/aromatic N) is 2. The van der Waals surface area contributed by atoms with Gasteiger partial charge in [-0.25, -0.2) is 4.79 Å². The zero-order chi connectivity index (χ0) is 19.2. The summed E-state index contributed by atoms with van der Waals surface area (Å²) in [6.07, 6.45) is 0.277. The molecule has 142 valence electrons. The standard InChI is InChI=1S/C21H26N4O2/c1-16-6-5-9-18(14-16)23-21(27)25-12-10-24(11-13-25)20(26)15-19(22)17-7-3-2-4-8-17/h2-9,14,19H,10-13,15,22H2,1H3,(H,23,27). The van der Waals surface area contributed by atoms with E-state index in [1.807, 2.05) is 61.5 Å². The highest BCUT2D eigenvalue weighted by atomic mass is 16.2. The second kappa shape index (κ2) is 8.68. The van der Waals surface area contributed by atoms with E-state index < -0.39 is 0 Å². The molecule has 1 saturated heterocycles. The lowest BCUT2D eigenvalue weighted by Gasteiger charge is -2.35. The molecule has 0 aliphatic carbocycles. The summed E-state index contributed by atoms with van der Waals surface area (Å²) in [5.74, 6) is 0.0325. The molecule has 1 heterocycles. The summed E-state index contributed by atoms with van der Waals surface area (Å²) in [4.78, 5) is 28.5. The van der Waals surface area contributed by atoms with Gasteiger partial charge in [0.25, 0.3) is 0 Å². The second-order valence-corrected chi connectivity index (χ2v) is 6.89. The number of hydrogen-bond acceptors (Lipinski definition) is 3. The van der Waals surface area contributed by atoms with E-state index in [-0.39, 0.29) is 24.4 Å². The summed E-state index contributed by atoms with van der Waals surface area (Å²) in [5, 5.41) is 2.91. The average molecular weight is 366 g/mol. The fourth-order valence-corrected chi connectivity index (χ4v) is 3.22. The van der Waals surface area contributed by atoms with E-state index in [1.165, 1.54) is 0 Å². The molecule has 3 amide bonds. The van der Waals surface area contributed by atoms with Gasteiger partial charge < -0.3 is 20.9 Å². The molecule has 2 aromatic rings. The van der Waals surface area contributed by atoms with Crippen LogP contribution in [0.5, 0.6) is 0 Å². The number of benzene rings is 2. The molecule has 1 unspecified atom stereocenters. The van der Waals surface area contributed by atoms with Gasteiger partial charge in [-0.15, -0.1) is 0 Å². The van der Waals surface area contributed by atoms with Crippen molar-refractivity contribution in [3.05, 3.63) is 65.7 Å². The molecule has 0 bridgehead atoms. The highest BCUT2D eigenvalue weighted by molar-refractivity contribution is 5.89. The van der Waals surface area contributed by atoms with E-state index in [2.05, 4.69) is 5.32 Å². The van der Waals surface area contributed by atoms with Crippen LogP contribution in [0.4, 0.5) is 10.5 Å². The van der Waals surface area contributed by atoms with Crippen LogP contribution >= 0.6 is 0 Å². The van der Waals surface area contributed by atoms with E-state index in [4.69, 9.17) is 5.73 Å². The molecule has 0 saturated carbocycles. The fraction of sp³-hybridized carbons (Fsp3) is 0.333. The predicted molar refractivity (Wildman–Crippen MR) is 106 cm³/mol. The van der Waals surface area contributed by atoms with E-state index in [9.17, 15) is 9.59 Å². The Labute approximate surface area is 159 Å². The molecule has 0 aromatic heterocycles. The maximum atomic E-state index is 12.5. The number of nitrogens with two attached hydrogens (primary N) is 1. The number of piperazine rings is 1. The quantitative estimate of drug-likeness (QED) is 0.873. The minimum atomic E-state index is -0.304. The van der Waals surface area contributed by atoms with Gasteiger partial charge in [0.15, 0.2) is 0 Å². The molecule has 1 fully saturated rings. The van der Waals surface area contributed by atoms with Gasteiger partial charge in [-0.05, 0) is 30.2 Å². The Morgan fingerprint density at radius 3 is 2.33 bits per heavy atom. The van der Waals surface area contributed by atoms with Gasteiger partial charge in [-0.1, -0.05) is 42.5 Å². The van der Waals surface area contributed by atoms with Crippen molar-refractivity contribution in [2.45, 2.75) is 19.4 Å². The lowest BCUT2D eigenvalue weighted by Crippen LogP contribution is -2.52. The first kappa shape index (κ1) is 18.9. The van der Waals surface area contributed by atoms with Gasteiger partial charge in [-0.2, -0.15) is 0 Å². The van der Waals surface area contributed by atoms with Gasteiger partial charge in [0.1, 0.15) is 0 Å². The molecule has 1 atom stereocenters. The third-order valence-corrected chi connectivity index (χ3v) is 4.81. The Morgan fingerprint density at radius 1 is 1.00 bits per heavy atom. The van der Waals surface area contributed by atoms with Crippen LogP contribution in [-0.4, -0.2) is 47.9 Å². The molecule has 1 aliphatic heterocycles. The van der Waals surface area contributed by atoms with Crippen LogP contribution in [0.25, 0.3) is 0 Å². The zero-order valence-electron chi connectivity index (χ0n) is 15.6. The lowest BCUT2D eigenvalue weighted by molar-refractivity contribution is -0.133. The van der Waals surface area contributed by atoms with E-state index in [0.29, 0.717) is 26.2 Å². The topological polar surface area (TPSA) is 78.7 Å². The molecule has 2 aromatic carbocycles. The normalized spacial score (nSPS) is 15.3. The molecule has 1 aliphatic rings. The van der Waals surface area contributed by atoms with Gasteiger partial charge in [-0.3, -0.25) is 4.79 Å². The second-order valence-electron chi connectivity index (χ2n) is 6.89. The number of amides is 3. The number of rotatable bonds is 4. The maximum Gasteiger partial charge on any atom is 0.321 e. The summed E-state index contributed by atoms with van der Waals surface area (Å²) in [5.41, 5.74) is 8.99. The van der Waals surface area contributed by atoms with Crippen molar-refractivity contribution in [2.75, 3.05) is 31.5 Å². The number of nitrogens with one attached hydrogen (secondary N) is 1. The Morgan fingerprint density at radius 2 is 1.67 bits per heavy atom. The van der Waals surface area contributed by atoms with Crippen molar-refractivity contribution in [2.24, 2.45) is 5.73 Å². The van der Waals surface area contributed by atoms with Crippen LogP contribution in [0.2, 0.25) is 0 Å². The molecule has 3 rings (SSSR count). The number of carbonyl (C=O) groups excluding carboxylic acids is 2. The summed E-state index contributed by atoms with van der Waals surface area (Å²) < 4.78 is 0. The van der Waals surface area contributed by atoms with E-state index >= 15 is 0 Å². The molecular weight excluding hydrogens is 340 g/mol. The van der Waals surface area contributed by atoms with Crippen LogP contribution < -0.4 is 11.1 Å². The minimum Gasteiger partial charge on any atom is -0.339 e. The van der Waals surface area contributed by atoms with Crippen LogP contribution in [0.3, 0.4) is 0 Å². The van der Waals surface area contributed by atoms with Crippen LogP contribution in [0.15, 0.2) is 54.6 Å². The average Bonchev–Trinajstić information content (AvgIpc) is 2.68. The Kier molecular flexibility index (Phi) is 6.08. The molecular formula is C21H26N4O2. The SMILES string of the molecule is Cc1cccc(NC(=O)N2CCN(C(=O)CC(N)c3ccccc3)CC2)c1. The van der Waals surface area contributed by atoms with Crippen molar-refractivity contribution in [3.8, 4) is 0 Å². The number of anilines is 1. The van der Waals surface area contributed by atoms with Gasteiger partial charge in [0.05, 0.1) is 0 Å². The summed E-state index contributed by atoms with van der Waals surface area (Å²) in [7, 11) is 0. The third-order valence-electron chi connectivity index (χ3n) is 4.81. The van der Waals surface area contributed by atoms with Crippen LogP contribution in [0, 0.1) is 6.92 Å².